The normalized spacial score (nSPS) is 22.7. The van der Waals surface area contributed by atoms with Crippen LogP contribution in [0.5, 0.6) is 0 Å². The Morgan fingerprint density at radius 3 is 2.55 bits per heavy atom. The molecule has 47 heavy (non-hydrogen) atoms. The summed E-state index contributed by atoms with van der Waals surface area (Å²) in [6.07, 6.45) is -3.31. The van der Waals surface area contributed by atoms with E-state index in [-0.39, 0.29) is 59.3 Å². The Labute approximate surface area is 272 Å². The van der Waals surface area contributed by atoms with Crippen LogP contribution >= 0.6 is 0 Å². The molecule has 0 bridgehead atoms. The topological polar surface area (TPSA) is 92.3 Å². The molecule has 3 aliphatic heterocycles. The zero-order valence-electron chi connectivity index (χ0n) is 27.3. The minimum Gasteiger partial charge on any atom is -0.369 e. The number of anilines is 3. The van der Waals surface area contributed by atoms with E-state index in [9.17, 15) is 27.6 Å². The molecule has 3 fully saturated rings. The van der Waals surface area contributed by atoms with Crippen LogP contribution in [-0.2, 0) is 20.6 Å². The quantitative estimate of drug-likeness (QED) is 0.342. The summed E-state index contributed by atoms with van der Waals surface area (Å²) in [5.74, 6) is -1.98. The number of amides is 3. The molecule has 3 saturated heterocycles. The van der Waals surface area contributed by atoms with Crippen molar-refractivity contribution >= 4 is 34.9 Å². The molecule has 10 nitrogen and oxygen atoms in total. The number of benzene rings is 1. The van der Waals surface area contributed by atoms with Gasteiger partial charge in [-0.3, -0.25) is 24.2 Å². The van der Waals surface area contributed by atoms with Gasteiger partial charge < -0.3 is 20.0 Å². The molecule has 1 aromatic carbocycles. The van der Waals surface area contributed by atoms with Gasteiger partial charge in [0, 0.05) is 71.0 Å². The van der Waals surface area contributed by atoms with Gasteiger partial charge in [-0.1, -0.05) is 12.6 Å². The van der Waals surface area contributed by atoms with Crippen molar-refractivity contribution in [3.8, 4) is 0 Å². The first kappa shape index (κ1) is 34.3. The highest BCUT2D eigenvalue weighted by molar-refractivity contribution is 6.09. The summed E-state index contributed by atoms with van der Waals surface area (Å²) in [4.78, 5) is 51.2. The predicted molar refractivity (Wildman–Crippen MR) is 171 cm³/mol. The van der Waals surface area contributed by atoms with Crippen LogP contribution in [0, 0.1) is 12.7 Å². The average molecular weight is 660 g/mol. The highest BCUT2D eigenvalue weighted by Crippen LogP contribution is 2.37. The van der Waals surface area contributed by atoms with Gasteiger partial charge in [-0.15, -0.1) is 0 Å². The molecule has 4 heterocycles. The van der Waals surface area contributed by atoms with Crippen molar-refractivity contribution in [3.05, 3.63) is 60.1 Å². The maximum Gasteiger partial charge on any atom is 0.416 e. The third-order valence-electron chi connectivity index (χ3n) is 9.59. The summed E-state index contributed by atoms with van der Waals surface area (Å²) in [5, 5.41) is 3.67. The number of nitrogens with one attached hydrogen (secondary N) is 1. The Bertz CT molecular complexity index is 1560. The first-order chi connectivity index (χ1) is 22.1. The highest BCUT2D eigenvalue weighted by Gasteiger charge is 2.53. The summed E-state index contributed by atoms with van der Waals surface area (Å²) in [5.41, 5.74) is -0.720. The number of aryl methyl sites for hydroxylation is 1. The van der Waals surface area contributed by atoms with Gasteiger partial charge in [-0.25, -0.2) is 9.37 Å². The van der Waals surface area contributed by atoms with Crippen LogP contribution in [0.4, 0.5) is 34.8 Å². The van der Waals surface area contributed by atoms with Crippen LogP contribution in [0.3, 0.4) is 0 Å². The lowest BCUT2D eigenvalue weighted by Gasteiger charge is -2.60. The monoisotopic (exact) mass is 659 g/mol. The number of para-hydroxylation sites is 1. The minimum absolute atomic E-state index is 0.0422. The maximum atomic E-state index is 15.5. The van der Waals surface area contributed by atoms with E-state index in [1.165, 1.54) is 37.1 Å². The van der Waals surface area contributed by atoms with Gasteiger partial charge in [0.15, 0.2) is 0 Å². The van der Waals surface area contributed by atoms with E-state index in [4.69, 9.17) is 0 Å². The number of nitrogens with zero attached hydrogens (tertiary/aromatic N) is 6. The van der Waals surface area contributed by atoms with E-state index in [2.05, 4.69) is 35.6 Å². The van der Waals surface area contributed by atoms with Crippen LogP contribution in [0.2, 0.25) is 0 Å². The standard InChI is InChI=1S/C33H41F4N7O3/c1-7-28(45)43-18-32(19-43)22(4)42(17-21(3)39-32)14-13-40(5)30-24(34)9-8-10-25(30)41(6)31(47)26-11-12-29(46)44(26)27-16-23(33(35,36)37)15-20(2)38-27/h7-10,15-16,21-22,26,39H,1,11-14,17-19H2,2-6H3/t21-,22-,26?/m1/s1. The summed E-state index contributed by atoms with van der Waals surface area (Å²) in [7, 11) is 3.21. The summed E-state index contributed by atoms with van der Waals surface area (Å²) < 4.78 is 56.2. The second-order valence-corrected chi connectivity index (χ2v) is 12.9. The molecule has 0 saturated carbocycles. The van der Waals surface area contributed by atoms with E-state index in [0.29, 0.717) is 26.2 Å². The van der Waals surface area contributed by atoms with E-state index in [0.717, 1.165) is 23.6 Å². The molecule has 2 aromatic rings. The largest absolute Gasteiger partial charge is 0.416 e. The fraction of sp³-hybridized carbons (Fsp3) is 0.515. The van der Waals surface area contributed by atoms with E-state index in [1.807, 2.05) is 0 Å². The Hall–Kier alpha value is -4.04. The Morgan fingerprint density at radius 1 is 1.19 bits per heavy atom. The molecule has 0 radical (unpaired) electrons. The average Bonchev–Trinajstić information content (AvgIpc) is 3.39. The zero-order valence-corrected chi connectivity index (χ0v) is 27.3. The molecule has 3 amide bonds. The molecule has 3 atom stereocenters. The zero-order chi connectivity index (χ0) is 34.4. The maximum absolute atomic E-state index is 15.5. The lowest BCUT2D eigenvalue weighted by Crippen LogP contribution is -2.81. The number of carbonyl (C=O) groups is 3. The Balaban J connectivity index is 1.33. The molecule has 0 aliphatic carbocycles. The van der Waals surface area contributed by atoms with Gasteiger partial charge in [0.1, 0.15) is 17.7 Å². The lowest BCUT2D eigenvalue weighted by molar-refractivity contribution is -0.140. The van der Waals surface area contributed by atoms with Crippen molar-refractivity contribution in [2.75, 3.05) is 61.5 Å². The van der Waals surface area contributed by atoms with Crippen molar-refractivity contribution in [1.82, 2.24) is 20.1 Å². The first-order valence-corrected chi connectivity index (χ1v) is 15.6. The van der Waals surface area contributed by atoms with Gasteiger partial charge >= 0.3 is 6.18 Å². The second kappa shape index (κ2) is 12.9. The van der Waals surface area contributed by atoms with Gasteiger partial charge in [0.25, 0.3) is 0 Å². The van der Waals surface area contributed by atoms with Crippen molar-refractivity contribution < 1.29 is 31.9 Å². The number of aromatic nitrogens is 1. The second-order valence-electron chi connectivity index (χ2n) is 12.9. The first-order valence-electron chi connectivity index (χ1n) is 15.6. The number of hydrogen-bond donors (Lipinski definition) is 1. The molecule has 1 N–H and O–H groups in total. The molecule has 3 aliphatic rings. The molecule has 14 heteroatoms. The van der Waals surface area contributed by atoms with Crippen LogP contribution in [0.15, 0.2) is 43.0 Å². The Kier molecular flexibility index (Phi) is 9.39. The van der Waals surface area contributed by atoms with Crippen LogP contribution in [-0.4, -0.2) is 103 Å². The summed E-state index contributed by atoms with van der Waals surface area (Å²) >= 11 is 0. The number of rotatable bonds is 8. The number of alkyl halides is 3. The number of piperazine rings is 1. The predicted octanol–water partition coefficient (Wildman–Crippen LogP) is 3.59. The fourth-order valence-electron chi connectivity index (χ4n) is 7.10. The SMILES string of the molecule is C=CC(=O)N1CC2(C1)N[C@H](C)CN(CCN(C)c1c(F)cccc1N(C)C(=O)C1CCC(=O)N1c1cc(C(F)(F)F)cc(C)n1)[C@@H]2C. The fourth-order valence-corrected chi connectivity index (χ4v) is 7.10. The van der Waals surface area contributed by atoms with Crippen molar-refractivity contribution in [2.24, 2.45) is 0 Å². The number of halogens is 4. The number of likely N-dealkylation sites (N-methyl/N-ethyl adjacent to an activating group) is 2. The molecule has 1 spiro atoms. The minimum atomic E-state index is -4.66. The molecule has 254 valence electrons. The van der Waals surface area contributed by atoms with Gasteiger partial charge in [-0.05, 0) is 57.5 Å². The van der Waals surface area contributed by atoms with Crippen molar-refractivity contribution in [2.45, 2.75) is 63.5 Å². The van der Waals surface area contributed by atoms with E-state index >= 15 is 4.39 Å². The Morgan fingerprint density at radius 2 is 1.89 bits per heavy atom. The lowest BCUT2D eigenvalue weighted by atomic mass is 9.79. The highest BCUT2D eigenvalue weighted by atomic mass is 19.4. The van der Waals surface area contributed by atoms with Gasteiger partial charge in [-0.2, -0.15) is 13.2 Å². The molecule has 1 aromatic heterocycles. The number of likely N-dealkylation sites (tertiary alicyclic amines) is 1. The third-order valence-corrected chi connectivity index (χ3v) is 9.59. The van der Waals surface area contributed by atoms with E-state index in [1.54, 1.807) is 22.9 Å². The van der Waals surface area contributed by atoms with Crippen molar-refractivity contribution in [1.29, 1.82) is 0 Å². The summed E-state index contributed by atoms with van der Waals surface area (Å²) in [6, 6.07) is 5.19. The molecule has 1 unspecified atom stereocenters. The number of hydrogen-bond acceptors (Lipinski definition) is 7. The molecular formula is C33H41F4N7O3. The van der Waals surface area contributed by atoms with Crippen LogP contribution in [0.1, 0.15) is 37.9 Å². The number of pyridine rings is 1. The summed E-state index contributed by atoms with van der Waals surface area (Å²) in [6.45, 7) is 12.1. The molecule has 5 rings (SSSR count). The van der Waals surface area contributed by atoms with Gasteiger partial charge in [0.2, 0.25) is 17.7 Å². The smallest absolute Gasteiger partial charge is 0.369 e. The number of carbonyl (C=O) groups excluding carboxylic acids is 3. The van der Waals surface area contributed by atoms with Crippen LogP contribution < -0.4 is 20.0 Å². The van der Waals surface area contributed by atoms with Crippen molar-refractivity contribution in [3.63, 3.8) is 0 Å². The van der Waals surface area contributed by atoms with Crippen LogP contribution in [0.25, 0.3) is 0 Å². The van der Waals surface area contributed by atoms with Gasteiger partial charge in [0.05, 0.1) is 22.5 Å². The third kappa shape index (κ3) is 6.57. The van der Waals surface area contributed by atoms with E-state index < -0.39 is 35.4 Å². The molecular weight excluding hydrogens is 618 g/mol.